The molecule has 2 nitrogen and oxygen atoms in total. The lowest BCUT2D eigenvalue weighted by atomic mass is 9.87. The monoisotopic (exact) mass is 251 g/mol. The molecule has 18 heavy (non-hydrogen) atoms. The Morgan fingerprint density at radius 2 is 2.33 bits per heavy atom. The Balaban J connectivity index is 2.15. The molecule has 0 saturated heterocycles. The molecule has 0 fully saturated rings. The van der Waals surface area contributed by atoms with E-state index in [9.17, 15) is 4.39 Å². The highest BCUT2D eigenvalue weighted by molar-refractivity contribution is 5.43. The van der Waals surface area contributed by atoms with E-state index in [1.54, 1.807) is 0 Å². The van der Waals surface area contributed by atoms with Gasteiger partial charge in [-0.2, -0.15) is 0 Å². The van der Waals surface area contributed by atoms with E-state index >= 15 is 0 Å². The van der Waals surface area contributed by atoms with Gasteiger partial charge in [0, 0.05) is 12.5 Å². The van der Waals surface area contributed by atoms with Gasteiger partial charge in [0.1, 0.15) is 5.75 Å². The Bertz CT molecular complexity index is 381. The van der Waals surface area contributed by atoms with E-state index < -0.39 is 0 Å². The molecule has 0 radical (unpaired) electrons. The molecule has 1 aromatic rings. The van der Waals surface area contributed by atoms with E-state index in [1.807, 2.05) is 12.1 Å². The smallest absolute Gasteiger partial charge is 0.122 e. The largest absolute Gasteiger partial charge is 0.493 e. The zero-order valence-electron chi connectivity index (χ0n) is 11.0. The van der Waals surface area contributed by atoms with Gasteiger partial charge in [0.2, 0.25) is 0 Å². The molecular formula is C15H22FNO. The van der Waals surface area contributed by atoms with Gasteiger partial charge in [0.15, 0.2) is 0 Å². The van der Waals surface area contributed by atoms with Crippen molar-refractivity contribution in [1.82, 2.24) is 5.32 Å². The fourth-order valence-electron chi connectivity index (χ4n) is 2.65. The fourth-order valence-corrected chi connectivity index (χ4v) is 2.65. The van der Waals surface area contributed by atoms with Crippen LogP contribution in [0.3, 0.4) is 0 Å². The first-order valence-electron chi connectivity index (χ1n) is 6.90. The summed E-state index contributed by atoms with van der Waals surface area (Å²) in [6.45, 7) is 3.28. The van der Waals surface area contributed by atoms with Gasteiger partial charge in [-0.1, -0.05) is 19.1 Å². The molecule has 100 valence electrons. The Morgan fingerprint density at radius 1 is 1.44 bits per heavy atom. The molecule has 0 aromatic heterocycles. The predicted octanol–water partition coefficient (Wildman–Crippen LogP) is 3.41. The van der Waals surface area contributed by atoms with Crippen molar-refractivity contribution in [2.45, 2.75) is 38.6 Å². The standard InChI is InChI=1S/C15H22FNO/c1-2-17-14-8-3-7-13-12(14)6-4-9-15(13)18-11-5-10-16/h4,6,9,14,17H,2-3,5,7-8,10-11H2,1H3. The normalized spacial score (nSPS) is 18.4. The topological polar surface area (TPSA) is 21.3 Å². The van der Waals surface area contributed by atoms with Crippen molar-refractivity contribution in [3.05, 3.63) is 29.3 Å². The summed E-state index contributed by atoms with van der Waals surface area (Å²) >= 11 is 0. The first-order chi connectivity index (χ1) is 8.86. The van der Waals surface area contributed by atoms with E-state index in [0.717, 1.165) is 18.7 Å². The van der Waals surface area contributed by atoms with Crippen molar-refractivity contribution >= 4 is 0 Å². The minimum atomic E-state index is -0.310. The van der Waals surface area contributed by atoms with Gasteiger partial charge in [0.25, 0.3) is 0 Å². The lowest BCUT2D eigenvalue weighted by Gasteiger charge is -2.27. The first-order valence-corrected chi connectivity index (χ1v) is 6.90. The summed E-state index contributed by atoms with van der Waals surface area (Å²) in [5, 5.41) is 3.52. The minimum absolute atomic E-state index is 0.310. The zero-order valence-corrected chi connectivity index (χ0v) is 11.0. The number of nitrogens with one attached hydrogen (secondary N) is 1. The highest BCUT2D eigenvalue weighted by atomic mass is 19.1. The predicted molar refractivity (Wildman–Crippen MR) is 71.9 cm³/mol. The van der Waals surface area contributed by atoms with E-state index in [4.69, 9.17) is 4.74 Å². The summed E-state index contributed by atoms with van der Waals surface area (Å²) in [5.74, 6) is 0.948. The highest BCUT2D eigenvalue weighted by Gasteiger charge is 2.21. The highest BCUT2D eigenvalue weighted by Crippen LogP contribution is 2.35. The van der Waals surface area contributed by atoms with Crippen LogP contribution in [0.25, 0.3) is 0 Å². The second-order valence-electron chi connectivity index (χ2n) is 4.72. The zero-order chi connectivity index (χ0) is 12.8. The molecule has 1 atom stereocenters. The van der Waals surface area contributed by atoms with Crippen LogP contribution in [0, 0.1) is 0 Å². The Morgan fingerprint density at radius 3 is 3.11 bits per heavy atom. The van der Waals surface area contributed by atoms with Gasteiger partial charge in [0.05, 0.1) is 13.3 Å². The van der Waals surface area contributed by atoms with Gasteiger partial charge in [-0.3, -0.25) is 4.39 Å². The molecule has 3 heteroatoms. The Hall–Kier alpha value is -1.09. The molecule has 0 aliphatic heterocycles. The molecule has 0 saturated carbocycles. The molecule has 0 spiro atoms. The van der Waals surface area contributed by atoms with Crippen molar-refractivity contribution in [2.24, 2.45) is 0 Å². The third kappa shape index (κ3) is 3.02. The average molecular weight is 251 g/mol. The third-order valence-corrected chi connectivity index (χ3v) is 3.45. The van der Waals surface area contributed by atoms with Crippen LogP contribution in [-0.2, 0) is 6.42 Å². The second-order valence-corrected chi connectivity index (χ2v) is 4.72. The van der Waals surface area contributed by atoms with Crippen LogP contribution in [0.5, 0.6) is 5.75 Å². The lowest BCUT2D eigenvalue weighted by Crippen LogP contribution is -2.25. The van der Waals surface area contributed by atoms with Crippen molar-refractivity contribution in [3.8, 4) is 5.75 Å². The summed E-state index contributed by atoms with van der Waals surface area (Å²) in [4.78, 5) is 0. The van der Waals surface area contributed by atoms with Crippen molar-refractivity contribution in [2.75, 3.05) is 19.8 Å². The maximum Gasteiger partial charge on any atom is 0.122 e. The number of hydrogen-bond donors (Lipinski definition) is 1. The van der Waals surface area contributed by atoms with E-state index in [0.29, 0.717) is 19.1 Å². The second kappa shape index (κ2) is 6.74. The van der Waals surface area contributed by atoms with Crippen LogP contribution in [-0.4, -0.2) is 19.8 Å². The van der Waals surface area contributed by atoms with Crippen molar-refractivity contribution in [1.29, 1.82) is 0 Å². The summed E-state index contributed by atoms with van der Waals surface area (Å²) in [5.41, 5.74) is 2.68. The summed E-state index contributed by atoms with van der Waals surface area (Å²) in [6, 6.07) is 6.68. The van der Waals surface area contributed by atoms with Crippen LogP contribution < -0.4 is 10.1 Å². The van der Waals surface area contributed by atoms with E-state index in [-0.39, 0.29) is 6.67 Å². The lowest BCUT2D eigenvalue weighted by molar-refractivity contribution is 0.285. The Kier molecular flexibility index (Phi) is 5.00. The van der Waals surface area contributed by atoms with Crippen LogP contribution in [0.1, 0.15) is 43.4 Å². The van der Waals surface area contributed by atoms with Crippen LogP contribution in [0.4, 0.5) is 4.39 Å². The molecule has 1 aliphatic rings. The van der Waals surface area contributed by atoms with Crippen LogP contribution in [0.15, 0.2) is 18.2 Å². The average Bonchev–Trinajstić information content (AvgIpc) is 2.40. The third-order valence-electron chi connectivity index (χ3n) is 3.45. The van der Waals surface area contributed by atoms with Crippen molar-refractivity contribution in [3.63, 3.8) is 0 Å². The van der Waals surface area contributed by atoms with Crippen LogP contribution in [0.2, 0.25) is 0 Å². The molecular weight excluding hydrogens is 229 g/mol. The number of alkyl halides is 1. The Labute approximate surface area is 109 Å². The molecule has 0 heterocycles. The summed E-state index contributed by atoms with van der Waals surface area (Å²) in [6.07, 6.45) is 3.92. The quantitative estimate of drug-likeness (QED) is 0.782. The van der Waals surface area contributed by atoms with Crippen LogP contribution >= 0.6 is 0 Å². The SMILES string of the molecule is CCNC1CCCc2c(OCCCF)cccc21. The molecule has 2 rings (SSSR count). The van der Waals surface area contributed by atoms with Gasteiger partial charge < -0.3 is 10.1 Å². The number of fused-ring (bicyclic) bond motifs is 1. The maximum atomic E-state index is 12.1. The van der Waals surface area contributed by atoms with E-state index in [1.165, 1.54) is 24.0 Å². The summed E-state index contributed by atoms with van der Waals surface area (Å²) in [7, 11) is 0. The first kappa shape index (κ1) is 13.3. The van der Waals surface area contributed by atoms with Crippen molar-refractivity contribution < 1.29 is 9.13 Å². The molecule has 0 bridgehead atoms. The van der Waals surface area contributed by atoms with Gasteiger partial charge in [-0.25, -0.2) is 0 Å². The summed E-state index contributed by atoms with van der Waals surface area (Å²) < 4.78 is 17.8. The number of rotatable bonds is 6. The van der Waals surface area contributed by atoms with Gasteiger partial charge in [-0.15, -0.1) is 0 Å². The number of hydrogen-bond acceptors (Lipinski definition) is 2. The minimum Gasteiger partial charge on any atom is -0.493 e. The molecule has 1 unspecified atom stereocenters. The van der Waals surface area contributed by atoms with E-state index in [2.05, 4.69) is 18.3 Å². The molecule has 1 aliphatic carbocycles. The maximum absolute atomic E-state index is 12.1. The number of ether oxygens (including phenoxy) is 1. The molecule has 0 amide bonds. The number of benzene rings is 1. The fraction of sp³-hybridized carbons (Fsp3) is 0.600. The molecule has 1 N–H and O–H groups in total. The van der Waals surface area contributed by atoms with Gasteiger partial charge in [-0.05, 0) is 43.0 Å². The number of halogens is 1. The molecule has 1 aromatic carbocycles. The van der Waals surface area contributed by atoms with Gasteiger partial charge >= 0.3 is 0 Å².